The lowest BCUT2D eigenvalue weighted by Crippen LogP contribution is -2.03. The fourth-order valence-corrected chi connectivity index (χ4v) is 2.95. The van der Waals surface area contributed by atoms with Crippen LogP contribution in [0, 0.1) is 11.6 Å². The number of nitrogens with two attached hydrogens (primary N) is 1. The van der Waals surface area contributed by atoms with Crippen molar-refractivity contribution in [1.82, 2.24) is 4.98 Å². The first-order valence-corrected chi connectivity index (χ1v) is 9.38. The summed E-state index contributed by atoms with van der Waals surface area (Å²) >= 11 is 5.91. The van der Waals surface area contributed by atoms with Gasteiger partial charge in [0.25, 0.3) is 0 Å². The molecule has 0 atom stereocenters. The highest BCUT2D eigenvalue weighted by molar-refractivity contribution is 6.30. The summed E-state index contributed by atoms with van der Waals surface area (Å²) in [5.74, 6) is -0.545. The van der Waals surface area contributed by atoms with E-state index in [1.807, 2.05) is 24.3 Å². The maximum atomic E-state index is 13.3. The third-order valence-corrected chi connectivity index (χ3v) is 4.60. The Kier molecular flexibility index (Phi) is 5.50. The Bertz CT molecular complexity index is 1240. The Morgan fingerprint density at radius 3 is 2.53 bits per heavy atom. The molecule has 0 radical (unpaired) electrons. The van der Waals surface area contributed by atoms with Crippen LogP contribution in [0.2, 0.25) is 5.02 Å². The first-order valence-electron chi connectivity index (χ1n) is 9.00. The zero-order chi connectivity index (χ0) is 21.1. The van der Waals surface area contributed by atoms with E-state index in [1.54, 1.807) is 30.3 Å². The van der Waals surface area contributed by atoms with Gasteiger partial charge < -0.3 is 15.8 Å². The van der Waals surface area contributed by atoms with Crippen LogP contribution in [0.25, 0.3) is 16.6 Å². The van der Waals surface area contributed by atoms with E-state index < -0.39 is 11.6 Å². The maximum Gasteiger partial charge on any atom is 0.160 e. The van der Waals surface area contributed by atoms with E-state index in [1.165, 1.54) is 12.3 Å². The summed E-state index contributed by atoms with van der Waals surface area (Å²) in [5, 5.41) is 4.29. The van der Waals surface area contributed by atoms with Crippen LogP contribution in [0.3, 0.4) is 0 Å². The highest BCUT2D eigenvalue weighted by atomic mass is 35.5. The number of pyridine rings is 1. The van der Waals surface area contributed by atoms with Gasteiger partial charge in [-0.1, -0.05) is 17.7 Å². The average Bonchev–Trinajstić information content (AvgIpc) is 2.76. The van der Waals surface area contributed by atoms with Gasteiger partial charge in [-0.05, 0) is 60.7 Å². The minimum absolute atomic E-state index is 0.339. The zero-order valence-corrected chi connectivity index (χ0v) is 16.3. The summed E-state index contributed by atoms with van der Waals surface area (Å²) in [5.41, 5.74) is 8.04. The molecule has 4 aromatic rings. The molecule has 150 valence electrons. The largest absolute Gasteiger partial charge is 0.457 e. The lowest BCUT2D eigenvalue weighted by atomic mass is 10.1. The van der Waals surface area contributed by atoms with E-state index in [0.29, 0.717) is 39.1 Å². The monoisotopic (exact) mass is 423 g/mol. The molecule has 0 aliphatic heterocycles. The van der Waals surface area contributed by atoms with Crippen molar-refractivity contribution in [3.8, 4) is 11.5 Å². The topological polar surface area (TPSA) is 60.2 Å². The minimum Gasteiger partial charge on any atom is -0.457 e. The Labute approximate surface area is 176 Å². The van der Waals surface area contributed by atoms with Crippen molar-refractivity contribution < 1.29 is 13.5 Å². The van der Waals surface area contributed by atoms with Gasteiger partial charge in [-0.3, -0.25) is 0 Å². The molecule has 4 rings (SSSR count). The molecule has 7 heteroatoms. The summed E-state index contributed by atoms with van der Waals surface area (Å²) in [7, 11) is 0. The fraction of sp³-hybridized carbons (Fsp3) is 0. The molecule has 3 N–H and O–H groups in total. The molecule has 1 heterocycles. The normalized spacial score (nSPS) is 11.5. The summed E-state index contributed by atoms with van der Waals surface area (Å²) in [4.78, 5) is 4.57. The van der Waals surface area contributed by atoms with Gasteiger partial charge in [-0.2, -0.15) is 0 Å². The number of anilines is 1. The molecule has 0 amide bonds. The number of benzene rings is 3. The zero-order valence-electron chi connectivity index (χ0n) is 15.6. The number of halogens is 3. The summed E-state index contributed by atoms with van der Waals surface area (Å²) in [6, 6.07) is 19.7. The summed E-state index contributed by atoms with van der Waals surface area (Å²) in [6.45, 7) is 0. The van der Waals surface area contributed by atoms with Crippen molar-refractivity contribution in [2.75, 3.05) is 5.32 Å². The molecule has 3 aromatic carbocycles. The second kappa shape index (κ2) is 8.39. The van der Waals surface area contributed by atoms with Crippen molar-refractivity contribution in [2.24, 2.45) is 5.73 Å². The Morgan fingerprint density at radius 1 is 0.967 bits per heavy atom. The van der Waals surface area contributed by atoms with Gasteiger partial charge in [0.05, 0.1) is 16.9 Å². The van der Waals surface area contributed by atoms with Gasteiger partial charge in [-0.25, -0.2) is 13.8 Å². The molecular formula is C23H16ClF2N3O. The van der Waals surface area contributed by atoms with Crippen molar-refractivity contribution >= 4 is 33.9 Å². The Morgan fingerprint density at radius 2 is 1.77 bits per heavy atom. The van der Waals surface area contributed by atoms with Crippen LogP contribution in [-0.4, -0.2) is 4.98 Å². The Hall–Kier alpha value is -3.64. The highest BCUT2D eigenvalue weighted by Gasteiger charge is 2.08. The SMILES string of the molecule is N/C(=C\Nc1ccc(F)c(F)c1)c1ccc2c(Oc3ccc(Cl)cc3)cccc2n1. The molecule has 0 spiro atoms. The van der Waals surface area contributed by atoms with Crippen LogP contribution in [-0.2, 0) is 0 Å². The molecule has 0 saturated carbocycles. The van der Waals surface area contributed by atoms with Gasteiger partial charge in [-0.15, -0.1) is 0 Å². The Balaban J connectivity index is 1.58. The molecule has 0 saturated heterocycles. The van der Waals surface area contributed by atoms with Crippen molar-refractivity contribution in [3.05, 3.63) is 101 Å². The first kappa shape index (κ1) is 19.7. The van der Waals surface area contributed by atoms with Crippen molar-refractivity contribution in [2.45, 2.75) is 0 Å². The molecule has 0 aliphatic carbocycles. The number of nitrogens with one attached hydrogen (secondary N) is 1. The van der Waals surface area contributed by atoms with Crippen LogP contribution >= 0.6 is 11.6 Å². The third-order valence-electron chi connectivity index (χ3n) is 4.34. The van der Waals surface area contributed by atoms with Gasteiger partial charge in [0.2, 0.25) is 0 Å². The van der Waals surface area contributed by atoms with Gasteiger partial charge >= 0.3 is 0 Å². The molecule has 0 aliphatic rings. The number of hydrogen-bond acceptors (Lipinski definition) is 4. The molecule has 0 fully saturated rings. The number of ether oxygens (including phenoxy) is 1. The number of rotatable bonds is 5. The first-order chi connectivity index (χ1) is 14.5. The second-order valence-corrected chi connectivity index (χ2v) is 6.88. The maximum absolute atomic E-state index is 13.3. The summed E-state index contributed by atoms with van der Waals surface area (Å²) < 4.78 is 32.3. The molecule has 30 heavy (non-hydrogen) atoms. The van der Waals surface area contributed by atoms with E-state index in [4.69, 9.17) is 22.1 Å². The van der Waals surface area contributed by atoms with Gasteiger partial charge in [0.15, 0.2) is 11.6 Å². The fourth-order valence-electron chi connectivity index (χ4n) is 2.83. The third kappa shape index (κ3) is 4.34. The predicted molar refractivity (Wildman–Crippen MR) is 115 cm³/mol. The van der Waals surface area contributed by atoms with E-state index >= 15 is 0 Å². The van der Waals surface area contributed by atoms with Crippen molar-refractivity contribution in [1.29, 1.82) is 0 Å². The van der Waals surface area contributed by atoms with Gasteiger partial charge in [0, 0.05) is 28.4 Å². The van der Waals surface area contributed by atoms with E-state index in [-0.39, 0.29) is 0 Å². The van der Waals surface area contributed by atoms with E-state index in [2.05, 4.69) is 10.3 Å². The molecular weight excluding hydrogens is 408 g/mol. The molecule has 0 bridgehead atoms. The van der Waals surface area contributed by atoms with Crippen LogP contribution in [0.4, 0.5) is 14.5 Å². The highest BCUT2D eigenvalue weighted by Crippen LogP contribution is 2.30. The molecule has 0 unspecified atom stereocenters. The second-order valence-electron chi connectivity index (χ2n) is 6.45. The van der Waals surface area contributed by atoms with Crippen LogP contribution < -0.4 is 15.8 Å². The number of fused-ring (bicyclic) bond motifs is 1. The standard InChI is InChI=1S/C23H16ClF2N3O/c24-14-4-7-16(8-5-14)30-23-3-1-2-21-17(23)9-11-22(29-21)20(27)13-28-15-6-10-18(25)19(26)12-15/h1-13,28H,27H2/b20-13-. The van der Waals surface area contributed by atoms with E-state index in [9.17, 15) is 8.78 Å². The summed E-state index contributed by atoms with van der Waals surface area (Å²) in [6.07, 6.45) is 1.48. The van der Waals surface area contributed by atoms with Gasteiger partial charge in [0.1, 0.15) is 11.5 Å². The van der Waals surface area contributed by atoms with Crippen LogP contribution in [0.1, 0.15) is 5.69 Å². The number of hydrogen-bond donors (Lipinski definition) is 2. The average molecular weight is 424 g/mol. The van der Waals surface area contributed by atoms with E-state index in [0.717, 1.165) is 17.5 Å². The lowest BCUT2D eigenvalue weighted by molar-refractivity contribution is 0.488. The quantitative estimate of drug-likeness (QED) is 0.394. The van der Waals surface area contributed by atoms with Crippen LogP contribution in [0.5, 0.6) is 11.5 Å². The number of nitrogens with zero attached hydrogens (tertiary/aromatic N) is 1. The number of aromatic nitrogens is 1. The predicted octanol–water partition coefficient (Wildman–Crippen LogP) is 6.33. The van der Waals surface area contributed by atoms with Crippen LogP contribution in [0.15, 0.2) is 79.0 Å². The van der Waals surface area contributed by atoms with Crippen molar-refractivity contribution in [3.63, 3.8) is 0 Å². The minimum atomic E-state index is -0.941. The smallest absolute Gasteiger partial charge is 0.160 e. The molecule has 4 nitrogen and oxygen atoms in total. The molecule has 1 aromatic heterocycles. The lowest BCUT2D eigenvalue weighted by Gasteiger charge is -2.10.